The first-order valence-electron chi connectivity index (χ1n) is 9.89. The molecule has 5 rings (SSSR count). The quantitative estimate of drug-likeness (QED) is 0.719. The van der Waals surface area contributed by atoms with E-state index in [2.05, 4.69) is 16.1 Å². The Morgan fingerprint density at radius 2 is 1.86 bits per heavy atom. The molecule has 1 aliphatic heterocycles. The van der Waals surface area contributed by atoms with E-state index >= 15 is 0 Å². The van der Waals surface area contributed by atoms with Gasteiger partial charge in [0.15, 0.2) is 0 Å². The predicted octanol–water partition coefficient (Wildman–Crippen LogP) is 4.70. The summed E-state index contributed by atoms with van der Waals surface area (Å²) < 4.78 is 15.5. The summed E-state index contributed by atoms with van der Waals surface area (Å²) in [5, 5.41) is 3.12. The third-order valence-electron chi connectivity index (χ3n) is 5.94. The minimum absolute atomic E-state index is 0.0319. The number of nitrogens with zero attached hydrogens (tertiary/aromatic N) is 2. The van der Waals surface area contributed by atoms with Gasteiger partial charge in [-0.3, -0.25) is 4.79 Å². The fourth-order valence-electron chi connectivity index (χ4n) is 4.14. The summed E-state index contributed by atoms with van der Waals surface area (Å²) in [5.74, 6) is 0.803. The van der Waals surface area contributed by atoms with Gasteiger partial charge >= 0.3 is 0 Å². The second-order valence-electron chi connectivity index (χ2n) is 7.78. The van der Waals surface area contributed by atoms with Crippen LogP contribution in [0.2, 0.25) is 0 Å². The van der Waals surface area contributed by atoms with Gasteiger partial charge in [-0.2, -0.15) is 0 Å². The molecule has 1 fully saturated rings. The molecule has 4 nitrogen and oxygen atoms in total. The van der Waals surface area contributed by atoms with Crippen LogP contribution in [0.4, 0.5) is 10.1 Å². The van der Waals surface area contributed by atoms with Gasteiger partial charge < -0.3 is 9.88 Å². The largest absolute Gasteiger partial charge is 0.334 e. The van der Waals surface area contributed by atoms with Crippen LogP contribution in [0.3, 0.4) is 0 Å². The van der Waals surface area contributed by atoms with Crippen LogP contribution in [0, 0.1) is 5.82 Å². The zero-order valence-corrected chi connectivity index (χ0v) is 15.6. The number of para-hydroxylation sites is 1. The highest BCUT2D eigenvalue weighted by molar-refractivity contribution is 6.03. The molecule has 3 aromatic rings. The lowest BCUT2D eigenvalue weighted by Gasteiger charge is -2.17. The average Bonchev–Trinajstić information content (AvgIpc) is 3.41. The van der Waals surface area contributed by atoms with Gasteiger partial charge in [-0.05, 0) is 49.4 Å². The smallest absolute Gasteiger partial charge is 0.235 e. The summed E-state index contributed by atoms with van der Waals surface area (Å²) in [5.41, 5.74) is 2.94. The Labute approximate surface area is 163 Å². The number of amides is 1. The number of carbonyl (C=O) groups excluding carboxylic acids is 1. The second kappa shape index (κ2) is 6.59. The number of benzene rings is 2. The third kappa shape index (κ3) is 2.91. The van der Waals surface area contributed by atoms with Crippen molar-refractivity contribution in [2.75, 3.05) is 5.32 Å². The zero-order valence-electron chi connectivity index (χ0n) is 15.6. The van der Waals surface area contributed by atoms with Gasteiger partial charge in [-0.25, -0.2) is 9.37 Å². The lowest BCUT2D eigenvalue weighted by molar-refractivity contribution is -0.118. The van der Waals surface area contributed by atoms with Crippen LogP contribution in [-0.4, -0.2) is 15.5 Å². The monoisotopic (exact) mass is 375 g/mol. The van der Waals surface area contributed by atoms with E-state index in [0.717, 1.165) is 54.1 Å². The topological polar surface area (TPSA) is 46.9 Å². The molecule has 0 radical (unpaired) electrons. The highest BCUT2D eigenvalue weighted by atomic mass is 19.1. The van der Waals surface area contributed by atoms with E-state index in [1.165, 1.54) is 25.0 Å². The highest BCUT2D eigenvalue weighted by Crippen LogP contribution is 2.49. The lowest BCUT2D eigenvalue weighted by atomic mass is 9.94. The highest BCUT2D eigenvalue weighted by Gasteiger charge is 2.51. The van der Waals surface area contributed by atoms with E-state index in [4.69, 9.17) is 4.98 Å². The van der Waals surface area contributed by atoms with Crippen LogP contribution < -0.4 is 5.32 Å². The summed E-state index contributed by atoms with van der Waals surface area (Å²) in [6.07, 6.45) is 7.02. The molecule has 0 unspecified atom stereocenters. The molecule has 1 amide bonds. The molecule has 28 heavy (non-hydrogen) atoms. The first-order chi connectivity index (χ1) is 13.7. The van der Waals surface area contributed by atoms with E-state index in [1.54, 1.807) is 12.1 Å². The molecule has 1 saturated carbocycles. The molecular weight excluding hydrogens is 353 g/mol. The third-order valence-corrected chi connectivity index (χ3v) is 5.94. The number of fused-ring (bicyclic) bond motifs is 1. The summed E-state index contributed by atoms with van der Waals surface area (Å²) in [6.45, 7) is 1.00. The number of halogens is 1. The second-order valence-corrected chi connectivity index (χ2v) is 7.78. The molecule has 1 aromatic heterocycles. The van der Waals surface area contributed by atoms with Gasteiger partial charge in [-0.1, -0.05) is 30.3 Å². The summed E-state index contributed by atoms with van der Waals surface area (Å²) >= 11 is 0. The molecule has 0 saturated heterocycles. The SMILES string of the molecule is O=C(Nc1ccccc1-c1cn2c(n1)CCCC2)C1(c2ccc(F)cc2)CC1. The van der Waals surface area contributed by atoms with E-state index < -0.39 is 5.41 Å². The maximum Gasteiger partial charge on any atom is 0.235 e. The fourth-order valence-corrected chi connectivity index (χ4v) is 4.14. The lowest BCUT2D eigenvalue weighted by Crippen LogP contribution is -2.28. The van der Waals surface area contributed by atoms with E-state index in [1.807, 2.05) is 24.3 Å². The standard InChI is InChI=1S/C23H22FN3O/c24-17-10-8-16(9-11-17)23(12-13-23)22(28)26-19-6-2-1-5-18(19)20-15-27-14-4-3-7-21(27)25-20/h1-2,5-6,8-11,15H,3-4,7,12-14H2,(H,26,28). The molecule has 1 N–H and O–H groups in total. The van der Waals surface area contributed by atoms with Crippen molar-refractivity contribution >= 4 is 11.6 Å². The Morgan fingerprint density at radius 1 is 1.07 bits per heavy atom. The number of imidazole rings is 1. The molecule has 0 bridgehead atoms. The van der Waals surface area contributed by atoms with Crippen molar-refractivity contribution in [1.82, 2.24) is 9.55 Å². The molecule has 0 atom stereocenters. The van der Waals surface area contributed by atoms with Crippen molar-refractivity contribution in [3.63, 3.8) is 0 Å². The number of carbonyl (C=O) groups is 1. The van der Waals surface area contributed by atoms with Crippen molar-refractivity contribution < 1.29 is 9.18 Å². The van der Waals surface area contributed by atoms with Crippen molar-refractivity contribution in [2.45, 2.75) is 44.1 Å². The van der Waals surface area contributed by atoms with Crippen LogP contribution in [-0.2, 0) is 23.2 Å². The van der Waals surface area contributed by atoms with Gasteiger partial charge in [0.05, 0.1) is 16.8 Å². The maximum absolute atomic E-state index is 13.3. The Balaban J connectivity index is 1.44. The maximum atomic E-state index is 13.3. The molecular formula is C23H22FN3O. The number of anilines is 1. The van der Waals surface area contributed by atoms with E-state index in [-0.39, 0.29) is 11.7 Å². The van der Waals surface area contributed by atoms with E-state index in [9.17, 15) is 9.18 Å². The number of hydrogen-bond donors (Lipinski definition) is 1. The van der Waals surface area contributed by atoms with Gasteiger partial charge in [0.25, 0.3) is 0 Å². The summed E-state index contributed by atoms with van der Waals surface area (Å²) in [7, 11) is 0. The van der Waals surface area contributed by atoms with Crippen molar-refractivity contribution in [3.05, 3.63) is 71.9 Å². The number of rotatable bonds is 4. The molecule has 142 valence electrons. The van der Waals surface area contributed by atoms with E-state index in [0.29, 0.717) is 0 Å². The molecule has 0 spiro atoms. The number of hydrogen-bond acceptors (Lipinski definition) is 2. The number of aromatic nitrogens is 2. The zero-order chi connectivity index (χ0) is 19.1. The Hall–Kier alpha value is -2.95. The molecule has 2 heterocycles. The minimum Gasteiger partial charge on any atom is -0.334 e. The average molecular weight is 375 g/mol. The predicted molar refractivity (Wildman–Crippen MR) is 107 cm³/mol. The van der Waals surface area contributed by atoms with Gasteiger partial charge in [-0.15, -0.1) is 0 Å². The fraction of sp³-hybridized carbons (Fsp3) is 0.304. The number of aryl methyl sites for hydroxylation is 2. The Kier molecular flexibility index (Phi) is 4.04. The van der Waals surface area contributed by atoms with Gasteiger partial charge in [0.1, 0.15) is 11.6 Å². The summed E-state index contributed by atoms with van der Waals surface area (Å²) in [4.78, 5) is 17.9. The van der Waals surface area contributed by atoms with Crippen LogP contribution in [0.1, 0.15) is 37.1 Å². The molecule has 2 aromatic carbocycles. The van der Waals surface area contributed by atoms with Gasteiger partial charge in [0, 0.05) is 24.7 Å². The Morgan fingerprint density at radius 3 is 2.61 bits per heavy atom. The first-order valence-corrected chi connectivity index (χ1v) is 9.89. The molecule has 2 aliphatic rings. The minimum atomic E-state index is -0.547. The number of nitrogens with one attached hydrogen (secondary N) is 1. The summed E-state index contributed by atoms with van der Waals surface area (Å²) in [6, 6.07) is 14.1. The van der Waals surface area contributed by atoms with Crippen molar-refractivity contribution in [2.24, 2.45) is 0 Å². The van der Waals surface area contributed by atoms with Crippen molar-refractivity contribution in [3.8, 4) is 11.3 Å². The van der Waals surface area contributed by atoms with Crippen LogP contribution in [0.15, 0.2) is 54.7 Å². The van der Waals surface area contributed by atoms with Crippen LogP contribution >= 0.6 is 0 Å². The first kappa shape index (κ1) is 17.2. The van der Waals surface area contributed by atoms with Crippen LogP contribution in [0.5, 0.6) is 0 Å². The van der Waals surface area contributed by atoms with Crippen LogP contribution in [0.25, 0.3) is 11.3 Å². The van der Waals surface area contributed by atoms with Gasteiger partial charge in [0.2, 0.25) is 5.91 Å². The van der Waals surface area contributed by atoms with Crippen molar-refractivity contribution in [1.29, 1.82) is 0 Å². The Bertz CT molecular complexity index is 1010. The molecule has 5 heteroatoms. The normalized spacial score (nSPS) is 17.0. The molecule has 1 aliphatic carbocycles.